The zero-order valence-electron chi connectivity index (χ0n) is 10.8. The predicted octanol–water partition coefficient (Wildman–Crippen LogP) is 1.17. The molecule has 1 aromatic rings. The molecule has 106 valence electrons. The molecule has 0 fully saturated rings. The summed E-state index contributed by atoms with van der Waals surface area (Å²) in [4.78, 5) is 0. The maximum absolute atomic E-state index is 12.0. The first-order chi connectivity index (χ1) is 9.12. The normalized spacial score (nSPS) is 18.7. The average Bonchev–Trinajstić information content (AvgIpc) is 2.39. The van der Waals surface area contributed by atoms with E-state index in [0.717, 1.165) is 17.7 Å². The number of hydrogen-bond acceptors (Lipinski definition) is 4. The Labute approximate surface area is 114 Å². The van der Waals surface area contributed by atoms with Gasteiger partial charge in [0.2, 0.25) is 10.0 Å². The molecule has 0 aliphatic carbocycles. The van der Waals surface area contributed by atoms with E-state index < -0.39 is 10.0 Å². The van der Waals surface area contributed by atoms with Gasteiger partial charge in [-0.3, -0.25) is 0 Å². The van der Waals surface area contributed by atoms with Gasteiger partial charge in [-0.15, -0.1) is 0 Å². The third-order valence-electron chi connectivity index (χ3n) is 3.15. The Kier molecular flexibility index (Phi) is 4.79. The van der Waals surface area contributed by atoms with Gasteiger partial charge in [-0.25, -0.2) is 13.1 Å². The Morgan fingerprint density at radius 1 is 1.32 bits per heavy atom. The number of para-hydroxylation sites is 1. The van der Waals surface area contributed by atoms with Crippen LogP contribution in [0.5, 0.6) is 5.75 Å². The van der Waals surface area contributed by atoms with Crippen LogP contribution in [0.4, 0.5) is 0 Å². The molecule has 19 heavy (non-hydrogen) atoms. The predicted molar refractivity (Wildman–Crippen MR) is 74.5 cm³/mol. The van der Waals surface area contributed by atoms with Gasteiger partial charge in [-0.1, -0.05) is 18.2 Å². The van der Waals surface area contributed by atoms with Gasteiger partial charge in [-0.2, -0.15) is 0 Å². The van der Waals surface area contributed by atoms with Crippen molar-refractivity contribution in [1.29, 1.82) is 0 Å². The second kappa shape index (κ2) is 6.36. The minimum Gasteiger partial charge on any atom is -0.493 e. The first-order valence-corrected chi connectivity index (χ1v) is 8.19. The van der Waals surface area contributed by atoms with Gasteiger partial charge in [0, 0.05) is 12.0 Å². The Bertz CT molecular complexity index is 516. The quantitative estimate of drug-likeness (QED) is 0.768. The van der Waals surface area contributed by atoms with Crippen molar-refractivity contribution in [2.45, 2.75) is 25.3 Å². The molecule has 0 saturated heterocycles. The molecule has 0 spiro atoms. The van der Waals surface area contributed by atoms with E-state index in [1.54, 1.807) is 0 Å². The summed E-state index contributed by atoms with van der Waals surface area (Å²) in [6, 6.07) is 7.36. The standard InChI is InChI=1S/C13H20N2O3S/c14-8-3-4-10-19(16,17)15-12-7-9-18-13-6-2-1-5-11(12)13/h1-2,5-6,12,15H,3-4,7-10,14H2. The second-order valence-electron chi connectivity index (χ2n) is 4.66. The van der Waals surface area contributed by atoms with Crippen molar-refractivity contribution < 1.29 is 13.2 Å². The molecule has 1 aliphatic heterocycles. The van der Waals surface area contributed by atoms with Crippen LogP contribution in [0.15, 0.2) is 24.3 Å². The van der Waals surface area contributed by atoms with Crippen molar-refractivity contribution >= 4 is 10.0 Å². The maximum atomic E-state index is 12.0. The smallest absolute Gasteiger partial charge is 0.212 e. The molecule has 3 N–H and O–H groups in total. The zero-order valence-corrected chi connectivity index (χ0v) is 11.7. The van der Waals surface area contributed by atoms with Crippen LogP contribution in [0.2, 0.25) is 0 Å². The monoisotopic (exact) mass is 284 g/mol. The van der Waals surface area contributed by atoms with Gasteiger partial charge < -0.3 is 10.5 Å². The molecule has 1 unspecified atom stereocenters. The van der Waals surface area contributed by atoms with Crippen molar-refractivity contribution in [2.24, 2.45) is 5.73 Å². The number of nitrogens with two attached hydrogens (primary N) is 1. The van der Waals surface area contributed by atoms with E-state index in [2.05, 4.69) is 4.72 Å². The van der Waals surface area contributed by atoms with E-state index in [1.165, 1.54) is 0 Å². The second-order valence-corrected chi connectivity index (χ2v) is 6.53. The maximum Gasteiger partial charge on any atom is 0.212 e. The molecule has 0 bridgehead atoms. The Morgan fingerprint density at radius 3 is 2.89 bits per heavy atom. The number of nitrogens with one attached hydrogen (secondary N) is 1. The Balaban J connectivity index is 2.04. The fraction of sp³-hybridized carbons (Fsp3) is 0.538. The van der Waals surface area contributed by atoms with Crippen LogP contribution in [0.1, 0.15) is 30.9 Å². The summed E-state index contributed by atoms with van der Waals surface area (Å²) in [6.45, 7) is 1.06. The molecule has 6 heteroatoms. The molecule has 1 atom stereocenters. The van der Waals surface area contributed by atoms with Crippen LogP contribution in [0.3, 0.4) is 0 Å². The number of hydrogen-bond donors (Lipinski definition) is 2. The van der Waals surface area contributed by atoms with Crippen LogP contribution in [0, 0.1) is 0 Å². The number of rotatable bonds is 6. The molecular formula is C13H20N2O3S. The van der Waals surface area contributed by atoms with E-state index in [9.17, 15) is 8.42 Å². The molecule has 0 radical (unpaired) electrons. The molecule has 1 aromatic carbocycles. The van der Waals surface area contributed by atoms with Crippen LogP contribution in [0.25, 0.3) is 0 Å². The molecule has 0 amide bonds. The first-order valence-electron chi connectivity index (χ1n) is 6.54. The molecule has 5 nitrogen and oxygen atoms in total. The fourth-order valence-corrected chi connectivity index (χ4v) is 3.56. The number of unbranched alkanes of at least 4 members (excludes halogenated alkanes) is 1. The van der Waals surface area contributed by atoms with Crippen LogP contribution < -0.4 is 15.2 Å². The lowest BCUT2D eigenvalue weighted by Gasteiger charge is -2.26. The molecule has 1 heterocycles. The summed E-state index contributed by atoms with van der Waals surface area (Å²) >= 11 is 0. The average molecular weight is 284 g/mol. The van der Waals surface area contributed by atoms with Gasteiger partial charge in [0.05, 0.1) is 18.4 Å². The minimum absolute atomic E-state index is 0.129. The molecule has 0 saturated carbocycles. The highest BCUT2D eigenvalue weighted by atomic mass is 32.2. The summed E-state index contributed by atoms with van der Waals surface area (Å²) in [6.07, 6.45) is 1.98. The number of fused-ring (bicyclic) bond motifs is 1. The van der Waals surface area contributed by atoms with Crippen molar-refractivity contribution in [1.82, 2.24) is 4.72 Å². The third kappa shape index (κ3) is 3.92. The highest BCUT2D eigenvalue weighted by Crippen LogP contribution is 2.31. The van der Waals surface area contributed by atoms with E-state index in [1.807, 2.05) is 24.3 Å². The van der Waals surface area contributed by atoms with Gasteiger partial charge in [0.15, 0.2) is 0 Å². The van der Waals surface area contributed by atoms with Gasteiger partial charge in [0.1, 0.15) is 5.75 Å². The Hall–Kier alpha value is -1.11. The molecule has 2 rings (SSSR count). The number of sulfonamides is 1. The first kappa shape index (κ1) is 14.3. The summed E-state index contributed by atoms with van der Waals surface area (Å²) in [5, 5.41) is 0. The molecule has 1 aliphatic rings. The van der Waals surface area contributed by atoms with Gasteiger partial charge in [-0.05, 0) is 25.5 Å². The van der Waals surface area contributed by atoms with Gasteiger partial charge in [0.25, 0.3) is 0 Å². The lowest BCUT2D eigenvalue weighted by Crippen LogP contribution is -2.33. The SMILES string of the molecule is NCCCCS(=O)(=O)NC1CCOc2ccccc21. The topological polar surface area (TPSA) is 81.4 Å². The summed E-state index contributed by atoms with van der Waals surface area (Å²) in [7, 11) is -3.26. The van der Waals surface area contributed by atoms with Crippen molar-refractivity contribution in [2.75, 3.05) is 18.9 Å². The Morgan fingerprint density at radius 2 is 2.11 bits per heavy atom. The van der Waals surface area contributed by atoms with Crippen LogP contribution in [-0.2, 0) is 10.0 Å². The van der Waals surface area contributed by atoms with Crippen molar-refractivity contribution in [3.05, 3.63) is 29.8 Å². The lowest BCUT2D eigenvalue weighted by molar-refractivity contribution is 0.263. The van der Waals surface area contributed by atoms with Crippen LogP contribution >= 0.6 is 0 Å². The number of benzene rings is 1. The van der Waals surface area contributed by atoms with Crippen molar-refractivity contribution in [3.63, 3.8) is 0 Å². The highest BCUT2D eigenvalue weighted by molar-refractivity contribution is 7.89. The van der Waals surface area contributed by atoms with E-state index >= 15 is 0 Å². The van der Waals surface area contributed by atoms with E-state index in [-0.39, 0.29) is 11.8 Å². The van der Waals surface area contributed by atoms with Crippen LogP contribution in [-0.4, -0.2) is 27.3 Å². The molecule has 0 aromatic heterocycles. The summed E-state index contributed by atoms with van der Waals surface area (Å²) in [5.41, 5.74) is 6.29. The van der Waals surface area contributed by atoms with E-state index in [4.69, 9.17) is 10.5 Å². The minimum atomic E-state index is -3.26. The lowest BCUT2D eigenvalue weighted by atomic mass is 10.0. The third-order valence-corrected chi connectivity index (χ3v) is 4.62. The van der Waals surface area contributed by atoms with Crippen molar-refractivity contribution in [3.8, 4) is 5.75 Å². The zero-order chi connectivity index (χ0) is 13.7. The highest BCUT2D eigenvalue weighted by Gasteiger charge is 2.25. The molecular weight excluding hydrogens is 264 g/mol. The summed E-state index contributed by atoms with van der Waals surface area (Å²) < 4.78 is 32.3. The summed E-state index contributed by atoms with van der Waals surface area (Å²) in [5.74, 6) is 0.896. The van der Waals surface area contributed by atoms with E-state index in [0.29, 0.717) is 26.0 Å². The largest absolute Gasteiger partial charge is 0.493 e. The number of ether oxygens (including phenoxy) is 1. The van der Waals surface area contributed by atoms with Gasteiger partial charge >= 0.3 is 0 Å². The fourth-order valence-electron chi connectivity index (χ4n) is 2.18.